The number of benzene rings is 1. The average Bonchev–Trinajstić information content (AvgIpc) is 2.74. The van der Waals surface area contributed by atoms with Crippen LogP contribution in [-0.4, -0.2) is 41.9 Å². The Labute approximate surface area is 120 Å². The number of fused-ring (bicyclic) bond motifs is 1. The van der Waals surface area contributed by atoms with Gasteiger partial charge in [0.1, 0.15) is 13.2 Å². The van der Waals surface area contributed by atoms with Crippen LogP contribution < -0.4 is 9.47 Å². The maximum atomic E-state index is 11.7. The van der Waals surface area contributed by atoms with Crippen molar-refractivity contribution in [1.82, 2.24) is 4.90 Å². The van der Waals surface area contributed by atoms with Crippen molar-refractivity contribution in [2.24, 2.45) is 0 Å². The number of halogens is 1. The molecule has 19 heavy (non-hydrogen) atoms. The molecule has 1 aromatic rings. The third-order valence-electron chi connectivity index (χ3n) is 3.44. The van der Waals surface area contributed by atoms with Gasteiger partial charge in [-0.15, -0.1) is 0 Å². The molecule has 1 fully saturated rings. The summed E-state index contributed by atoms with van der Waals surface area (Å²) in [5.74, 6) is 1.86. The van der Waals surface area contributed by atoms with E-state index < -0.39 is 0 Å². The van der Waals surface area contributed by atoms with Gasteiger partial charge in [-0.2, -0.15) is 0 Å². The highest BCUT2D eigenvalue weighted by molar-refractivity contribution is 9.09. The Bertz CT molecular complexity index is 492. The number of likely N-dealkylation sites (tertiary alicyclic amines) is 1. The molecule has 102 valence electrons. The lowest BCUT2D eigenvalue weighted by atomic mass is 10.1. The number of hydrogen-bond acceptors (Lipinski definition) is 3. The predicted molar refractivity (Wildman–Crippen MR) is 75.0 cm³/mol. The van der Waals surface area contributed by atoms with Crippen molar-refractivity contribution in [2.45, 2.75) is 17.7 Å². The zero-order chi connectivity index (χ0) is 13.2. The Hall–Kier alpha value is -1.23. The van der Waals surface area contributed by atoms with E-state index in [2.05, 4.69) is 15.9 Å². The van der Waals surface area contributed by atoms with E-state index in [1.807, 2.05) is 23.1 Å². The maximum absolute atomic E-state index is 11.7. The molecule has 1 saturated heterocycles. The van der Waals surface area contributed by atoms with Gasteiger partial charge in [0.25, 0.3) is 0 Å². The van der Waals surface area contributed by atoms with Gasteiger partial charge in [-0.05, 0) is 24.1 Å². The van der Waals surface area contributed by atoms with Gasteiger partial charge in [-0.1, -0.05) is 22.0 Å². The highest BCUT2D eigenvalue weighted by Gasteiger charge is 2.27. The number of ether oxygens (including phenoxy) is 2. The summed E-state index contributed by atoms with van der Waals surface area (Å²) < 4.78 is 11.1. The fourth-order valence-corrected chi connectivity index (χ4v) is 3.07. The molecule has 0 radical (unpaired) electrons. The van der Waals surface area contributed by atoms with Gasteiger partial charge in [-0.3, -0.25) is 4.79 Å². The topological polar surface area (TPSA) is 38.8 Å². The van der Waals surface area contributed by atoms with Crippen LogP contribution in [0.2, 0.25) is 0 Å². The Kier molecular flexibility index (Phi) is 3.64. The van der Waals surface area contributed by atoms with Crippen LogP contribution in [0.1, 0.15) is 12.0 Å². The molecule has 0 spiro atoms. The number of hydrogen-bond donors (Lipinski definition) is 0. The molecule has 0 bridgehead atoms. The second kappa shape index (κ2) is 5.41. The third kappa shape index (κ3) is 2.86. The molecule has 2 heterocycles. The molecule has 4 nitrogen and oxygen atoms in total. The van der Waals surface area contributed by atoms with E-state index in [0.717, 1.165) is 31.0 Å². The van der Waals surface area contributed by atoms with Crippen molar-refractivity contribution in [3.05, 3.63) is 23.8 Å². The molecule has 1 unspecified atom stereocenters. The highest BCUT2D eigenvalue weighted by atomic mass is 79.9. The molecule has 0 saturated carbocycles. The Morgan fingerprint density at radius 2 is 2.05 bits per heavy atom. The first-order chi connectivity index (χ1) is 9.22. The van der Waals surface area contributed by atoms with Gasteiger partial charge < -0.3 is 14.4 Å². The van der Waals surface area contributed by atoms with Crippen LogP contribution in [0, 0.1) is 0 Å². The van der Waals surface area contributed by atoms with Crippen molar-refractivity contribution in [2.75, 3.05) is 26.3 Å². The first-order valence-electron chi connectivity index (χ1n) is 6.53. The van der Waals surface area contributed by atoms with Crippen LogP contribution >= 0.6 is 15.9 Å². The second-order valence-electron chi connectivity index (χ2n) is 4.87. The van der Waals surface area contributed by atoms with Crippen LogP contribution in [0.5, 0.6) is 11.5 Å². The van der Waals surface area contributed by atoms with Crippen molar-refractivity contribution < 1.29 is 14.3 Å². The number of nitrogens with zero attached hydrogens (tertiary/aromatic N) is 1. The second-order valence-corrected chi connectivity index (χ2v) is 6.16. The summed E-state index contributed by atoms with van der Waals surface area (Å²) in [6.45, 7) is 2.79. The summed E-state index contributed by atoms with van der Waals surface area (Å²) in [6.07, 6.45) is 1.46. The van der Waals surface area contributed by atoms with Gasteiger partial charge >= 0.3 is 0 Å². The van der Waals surface area contributed by atoms with Gasteiger partial charge in [0.15, 0.2) is 11.5 Å². The Morgan fingerprint density at radius 3 is 2.79 bits per heavy atom. The molecule has 0 N–H and O–H groups in total. The lowest BCUT2D eigenvalue weighted by molar-refractivity contribution is -0.127. The maximum Gasteiger partial charge on any atom is 0.223 e. The van der Waals surface area contributed by atoms with Gasteiger partial charge in [0, 0.05) is 24.3 Å². The zero-order valence-electron chi connectivity index (χ0n) is 10.6. The minimum absolute atomic E-state index is 0.236. The quantitative estimate of drug-likeness (QED) is 0.798. The first-order valence-corrected chi connectivity index (χ1v) is 7.44. The van der Waals surface area contributed by atoms with Crippen LogP contribution in [0.3, 0.4) is 0 Å². The Morgan fingerprint density at radius 1 is 1.26 bits per heavy atom. The normalized spacial score (nSPS) is 21.8. The molecule has 1 amide bonds. The van der Waals surface area contributed by atoms with Gasteiger partial charge in [0.05, 0.1) is 0 Å². The van der Waals surface area contributed by atoms with E-state index in [9.17, 15) is 4.79 Å². The van der Waals surface area contributed by atoms with Crippen molar-refractivity contribution in [3.8, 4) is 11.5 Å². The fraction of sp³-hybridized carbons (Fsp3) is 0.500. The standard InChI is InChI=1S/C14H16BrNO3/c15-11-8-14(17)16(9-11)4-3-10-1-2-12-13(7-10)19-6-5-18-12/h1-2,7,11H,3-6,8-9H2. The number of amides is 1. The lowest BCUT2D eigenvalue weighted by Crippen LogP contribution is -2.27. The number of carbonyl (C=O) groups is 1. The molecule has 0 aromatic heterocycles. The third-order valence-corrected chi connectivity index (χ3v) is 4.06. The molecule has 1 atom stereocenters. The van der Waals surface area contributed by atoms with E-state index in [1.165, 1.54) is 5.56 Å². The molecule has 5 heteroatoms. The van der Waals surface area contributed by atoms with E-state index in [4.69, 9.17) is 9.47 Å². The largest absolute Gasteiger partial charge is 0.486 e. The van der Waals surface area contributed by atoms with Crippen molar-refractivity contribution in [1.29, 1.82) is 0 Å². The van der Waals surface area contributed by atoms with E-state index in [0.29, 0.717) is 24.5 Å². The van der Waals surface area contributed by atoms with Gasteiger partial charge in [0.2, 0.25) is 5.91 Å². The minimum Gasteiger partial charge on any atom is -0.486 e. The molecule has 2 aliphatic heterocycles. The van der Waals surface area contributed by atoms with Crippen LogP contribution in [0.15, 0.2) is 18.2 Å². The molecule has 0 aliphatic carbocycles. The smallest absolute Gasteiger partial charge is 0.223 e. The SMILES string of the molecule is O=C1CC(Br)CN1CCc1ccc2c(c1)OCCO2. The van der Waals surface area contributed by atoms with Crippen LogP contribution in [0.25, 0.3) is 0 Å². The molecule has 2 aliphatic rings. The minimum atomic E-state index is 0.236. The summed E-state index contributed by atoms with van der Waals surface area (Å²) in [5.41, 5.74) is 1.18. The summed E-state index contributed by atoms with van der Waals surface area (Å²) >= 11 is 3.50. The average molecular weight is 326 g/mol. The van der Waals surface area contributed by atoms with Gasteiger partial charge in [-0.25, -0.2) is 0 Å². The summed E-state index contributed by atoms with van der Waals surface area (Å²) in [5, 5.41) is 0. The monoisotopic (exact) mass is 325 g/mol. The highest BCUT2D eigenvalue weighted by Crippen LogP contribution is 2.31. The van der Waals surface area contributed by atoms with E-state index in [1.54, 1.807) is 0 Å². The van der Waals surface area contributed by atoms with Crippen LogP contribution in [0.4, 0.5) is 0 Å². The number of alkyl halides is 1. The van der Waals surface area contributed by atoms with E-state index >= 15 is 0 Å². The zero-order valence-corrected chi connectivity index (χ0v) is 12.2. The molecular weight excluding hydrogens is 310 g/mol. The van der Waals surface area contributed by atoms with Crippen LogP contribution in [-0.2, 0) is 11.2 Å². The summed E-state index contributed by atoms with van der Waals surface area (Å²) in [7, 11) is 0. The molecule has 3 rings (SSSR count). The number of rotatable bonds is 3. The molecule has 1 aromatic carbocycles. The lowest BCUT2D eigenvalue weighted by Gasteiger charge is -2.20. The summed E-state index contributed by atoms with van der Waals surface area (Å²) in [6, 6.07) is 6.00. The number of carbonyl (C=O) groups excluding carboxylic acids is 1. The summed E-state index contributed by atoms with van der Waals surface area (Å²) in [4.78, 5) is 13.9. The van der Waals surface area contributed by atoms with Crippen molar-refractivity contribution in [3.63, 3.8) is 0 Å². The predicted octanol–water partition coefficient (Wildman–Crippen LogP) is 2.00. The van der Waals surface area contributed by atoms with Crippen molar-refractivity contribution >= 4 is 21.8 Å². The first kappa shape index (κ1) is 12.8. The van der Waals surface area contributed by atoms with E-state index in [-0.39, 0.29) is 5.91 Å². The Balaban J connectivity index is 1.62. The molecular formula is C14H16BrNO3. The fourth-order valence-electron chi connectivity index (χ4n) is 2.45.